The molecule has 1 heterocycles. The lowest BCUT2D eigenvalue weighted by Crippen LogP contribution is -2.43. The van der Waals surface area contributed by atoms with Gasteiger partial charge in [0.05, 0.1) is 23.7 Å². The number of halogens is 3. The summed E-state index contributed by atoms with van der Waals surface area (Å²) in [5.74, 6) is -0.387. The summed E-state index contributed by atoms with van der Waals surface area (Å²) in [6.45, 7) is -0.316. The van der Waals surface area contributed by atoms with Crippen molar-refractivity contribution in [1.82, 2.24) is 15.1 Å². The highest BCUT2D eigenvalue weighted by Crippen LogP contribution is 2.28. The predicted molar refractivity (Wildman–Crippen MR) is 88.1 cm³/mol. The van der Waals surface area contributed by atoms with Crippen molar-refractivity contribution < 1.29 is 18.0 Å². The lowest BCUT2D eigenvalue weighted by molar-refractivity contribution is -0.137. The van der Waals surface area contributed by atoms with E-state index in [1.807, 2.05) is 0 Å². The number of carbonyl (C=O) groups is 1. The molecule has 0 bridgehead atoms. The van der Waals surface area contributed by atoms with Gasteiger partial charge >= 0.3 is 6.18 Å². The third-order valence-corrected chi connectivity index (χ3v) is 4.69. The summed E-state index contributed by atoms with van der Waals surface area (Å²) in [6.07, 6.45) is 0.523. The molecule has 1 fully saturated rings. The molecule has 1 aliphatic rings. The smallest absolute Gasteiger partial charge is 0.335 e. The number of amides is 1. The fourth-order valence-corrected chi connectivity index (χ4v) is 3.42. The molecule has 0 radical (unpaired) electrons. The van der Waals surface area contributed by atoms with Crippen LogP contribution in [0.3, 0.4) is 0 Å². The Morgan fingerprint density at radius 3 is 2.60 bits per heavy atom. The number of alkyl halides is 3. The number of nitrogens with zero attached hydrogens (tertiary/aromatic N) is 3. The quantitative estimate of drug-likeness (QED) is 0.822. The summed E-state index contributed by atoms with van der Waals surface area (Å²) in [5, 5.41) is 8.45. The van der Waals surface area contributed by atoms with Gasteiger partial charge in [0.25, 0.3) is 5.91 Å². The van der Waals surface area contributed by atoms with Crippen molar-refractivity contribution in [1.29, 1.82) is 0 Å². The minimum Gasteiger partial charge on any atom is -0.335 e. The first-order valence-electron chi connectivity index (χ1n) is 8.54. The minimum absolute atomic E-state index is 0.143. The molecule has 1 aliphatic carbocycles. The largest absolute Gasteiger partial charge is 0.390 e. The molecule has 1 saturated carbocycles. The van der Waals surface area contributed by atoms with Gasteiger partial charge in [-0.25, -0.2) is 0 Å². The maximum Gasteiger partial charge on any atom is 0.390 e. The van der Waals surface area contributed by atoms with Crippen LogP contribution in [-0.4, -0.2) is 39.8 Å². The Morgan fingerprint density at radius 2 is 1.88 bits per heavy atom. The average Bonchev–Trinajstić information content (AvgIpc) is 2.61. The van der Waals surface area contributed by atoms with E-state index in [1.165, 1.54) is 11.1 Å². The van der Waals surface area contributed by atoms with Crippen molar-refractivity contribution in [3.05, 3.63) is 36.0 Å². The molecule has 134 valence electrons. The van der Waals surface area contributed by atoms with Gasteiger partial charge in [-0.15, -0.1) is 0 Å². The average molecular weight is 351 g/mol. The van der Waals surface area contributed by atoms with Gasteiger partial charge in [0.15, 0.2) is 0 Å². The molecular weight excluding hydrogens is 331 g/mol. The molecule has 0 unspecified atom stereocenters. The molecule has 0 spiro atoms. The van der Waals surface area contributed by atoms with E-state index in [0.29, 0.717) is 16.5 Å². The second-order valence-electron chi connectivity index (χ2n) is 6.43. The normalized spacial score (nSPS) is 16.1. The van der Waals surface area contributed by atoms with E-state index < -0.39 is 12.6 Å². The highest BCUT2D eigenvalue weighted by molar-refractivity contribution is 6.05. The monoisotopic (exact) mass is 351 g/mol. The zero-order chi connectivity index (χ0) is 17.9. The van der Waals surface area contributed by atoms with Crippen molar-refractivity contribution >= 4 is 16.8 Å². The van der Waals surface area contributed by atoms with E-state index in [-0.39, 0.29) is 18.5 Å². The summed E-state index contributed by atoms with van der Waals surface area (Å²) in [6, 6.07) is 6.91. The van der Waals surface area contributed by atoms with Crippen LogP contribution in [0.2, 0.25) is 0 Å². The van der Waals surface area contributed by atoms with Crippen molar-refractivity contribution in [2.45, 2.75) is 50.7 Å². The fraction of sp³-hybridized carbons (Fsp3) is 0.500. The van der Waals surface area contributed by atoms with Gasteiger partial charge in [-0.1, -0.05) is 37.5 Å². The number of fused-ring (bicyclic) bond motifs is 1. The number of benzene rings is 1. The topological polar surface area (TPSA) is 46.1 Å². The maximum atomic E-state index is 13.1. The summed E-state index contributed by atoms with van der Waals surface area (Å²) in [5.41, 5.74) is 0.881. The van der Waals surface area contributed by atoms with Crippen LogP contribution in [-0.2, 0) is 0 Å². The van der Waals surface area contributed by atoms with Crippen LogP contribution in [0.5, 0.6) is 0 Å². The molecule has 0 aliphatic heterocycles. The standard InChI is InChI=1S/C18H20F3N3O/c19-18(20,21)10-11-24(13-6-2-1-3-7-13)17(25)15-12-22-23-16-9-5-4-8-14(15)16/h4-5,8-9,12-13H,1-3,6-7,10-11H2. The summed E-state index contributed by atoms with van der Waals surface area (Å²) >= 11 is 0. The van der Waals surface area contributed by atoms with Crippen LogP contribution in [0.15, 0.2) is 30.5 Å². The molecule has 1 aromatic carbocycles. The van der Waals surface area contributed by atoms with E-state index in [9.17, 15) is 18.0 Å². The van der Waals surface area contributed by atoms with Gasteiger partial charge in [0, 0.05) is 18.0 Å². The molecule has 0 N–H and O–H groups in total. The van der Waals surface area contributed by atoms with Crippen LogP contribution in [0.1, 0.15) is 48.9 Å². The summed E-state index contributed by atoms with van der Waals surface area (Å²) < 4.78 is 38.2. The molecule has 1 amide bonds. The van der Waals surface area contributed by atoms with Crippen molar-refractivity contribution in [3.8, 4) is 0 Å². The first kappa shape index (κ1) is 17.6. The molecule has 2 aromatic rings. The molecule has 25 heavy (non-hydrogen) atoms. The Bertz CT molecular complexity index is 736. The van der Waals surface area contributed by atoms with Crippen LogP contribution in [0.4, 0.5) is 13.2 Å². The first-order valence-corrected chi connectivity index (χ1v) is 8.54. The fourth-order valence-electron chi connectivity index (χ4n) is 3.42. The number of rotatable bonds is 4. The Hall–Kier alpha value is -2.18. The van der Waals surface area contributed by atoms with Gasteiger partial charge in [0.1, 0.15) is 0 Å². The van der Waals surface area contributed by atoms with Gasteiger partial charge in [-0.3, -0.25) is 4.79 Å². The molecule has 0 atom stereocenters. The summed E-state index contributed by atoms with van der Waals surface area (Å²) in [7, 11) is 0. The lowest BCUT2D eigenvalue weighted by atomic mass is 9.93. The second kappa shape index (κ2) is 7.37. The summed E-state index contributed by atoms with van der Waals surface area (Å²) in [4.78, 5) is 14.5. The zero-order valence-electron chi connectivity index (χ0n) is 13.8. The molecule has 0 saturated heterocycles. The van der Waals surface area contributed by atoms with Crippen molar-refractivity contribution in [2.24, 2.45) is 0 Å². The van der Waals surface area contributed by atoms with E-state index in [1.54, 1.807) is 24.3 Å². The van der Waals surface area contributed by atoms with Crippen LogP contribution in [0, 0.1) is 0 Å². The van der Waals surface area contributed by atoms with E-state index in [2.05, 4.69) is 10.2 Å². The number of aromatic nitrogens is 2. The molecule has 7 heteroatoms. The Kier molecular flexibility index (Phi) is 5.20. The zero-order valence-corrected chi connectivity index (χ0v) is 13.8. The van der Waals surface area contributed by atoms with Crippen LogP contribution >= 0.6 is 0 Å². The van der Waals surface area contributed by atoms with E-state index in [0.717, 1.165) is 32.1 Å². The molecular formula is C18H20F3N3O. The Labute approximate surface area is 144 Å². The number of hydrogen-bond donors (Lipinski definition) is 0. The lowest BCUT2D eigenvalue weighted by Gasteiger charge is -2.35. The van der Waals surface area contributed by atoms with Gasteiger partial charge in [-0.2, -0.15) is 23.4 Å². The highest BCUT2D eigenvalue weighted by atomic mass is 19.4. The second-order valence-corrected chi connectivity index (χ2v) is 6.43. The molecule has 1 aromatic heterocycles. The highest BCUT2D eigenvalue weighted by Gasteiger charge is 2.33. The number of carbonyl (C=O) groups excluding carboxylic acids is 1. The SMILES string of the molecule is O=C(c1cnnc2ccccc12)N(CCC(F)(F)F)C1CCCCC1. The Balaban J connectivity index is 1.91. The molecule has 4 nitrogen and oxygen atoms in total. The third-order valence-electron chi connectivity index (χ3n) is 4.69. The Morgan fingerprint density at radius 1 is 1.16 bits per heavy atom. The van der Waals surface area contributed by atoms with Gasteiger partial charge in [0.2, 0.25) is 0 Å². The van der Waals surface area contributed by atoms with Gasteiger partial charge < -0.3 is 4.90 Å². The number of hydrogen-bond acceptors (Lipinski definition) is 3. The van der Waals surface area contributed by atoms with E-state index in [4.69, 9.17) is 0 Å². The van der Waals surface area contributed by atoms with Crippen molar-refractivity contribution in [3.63, 3.8) is 0 Å². The predicted octanol–water partition coefficient (Wildman–Crippen LogP) is 4.36. The van der Waals surface area contributed by atoms with Gasteiger partial charge in [-0.05, 0) is 18.9 Å². The minimum atomic E-state index is -4.29. The first-order chi connectivity index (χ1) is 12.0. The van der Waals surface area contributed by atoms with E-state index >= 15 is 0 Å². The third kappa shape index (κ3) is 4.27. The maximum absolute atomic E-state index is 13.1. The van der Waals surface area contributed by atoms with Crippen molar-refractivity contribution in [2.75, 3.05) is 6.54 Å². The molecule has 3 rings (SSSR count). The van der Waals surface area contributed by atoms with Crippen LogP contribution in [0.25, 0.3) is 10.9 Å². The van der Waals surface area contributed by atoms with Crippen LogP contribution < -0.4 is 0 Å².